The summed E-state index contributed by atoms with van der Waals surface area (Å²) in [5.41, 5.74) is 1.12. The van der Waals surface area contributed by atoms with Gasteiger partial charge in [-0.1, -0.05) is 12.5 Å². The number of carbonyl (C=O) groups is 1. The Morgan fingerprint density at radius 3 is 2.95 bits per heavy atom. The number of ether oxygens (including phenoxy) is 2. The van der Waals surface area contributed by atoms with Crippen LogP contribution in [0, 0.1) is 5.92 Å². The molecule has 5 nitrogen and oxygen atoms in total. The predicted molar refractivity (Wildman–Crippen MR) is 80.0 cm³/mol. The lowest BCUT2D eigenvalue weighted by Gasteiger charge is -2.28. The van der Waals surface area contributed by atoms with Crippen LogP contribution in [0.25, 0.3) is 0 Å². The number of hydrogen-bond acceptors (Lipinski definition) is 5. The largest absolute Gasteiger partial charge is 0.481 e. The van der Waals surface area contributed by atoms with Gasteiger partial charge in [-0.2, -0.15) is 0 Å². The number of hydrogen-bond donors (Lipinski definition) is 1. The lowest BCUT2D eigenvalue weighted by atomic mass is 9.85. The molecule has 0 spiro atoms. The average Bonchev–Trinajstić information content (AvgIpc) is 2.54. The molecule has 0 amide bonds. The molecule has 2 unspecified atom stereocenters. The Morgan fingerprint density at radius 2 is 2.29 bits per heavy atom. The Bertz CT molecular complexity index is 447. The van der Waals surface area contributed by atoms with Gasteiger partial charge in [0.25, 0.3) is 0 Å². The number of carbonyl (C=O) groups excluding carboxylic acids is 1. The van der Waals surface area contributed by atoms with Crippen LogP contribution in [0.1, 0.15) is 38.2 Å². The summed E-state index contributed by atoms with van der Waals surface area (Å²) in [7, 11) is 1.61. The number of nitrogens with one attached hydrogen (secondary N) is 1. The average molecular weight is 292 g/mol. The molecule has 0 bridgehead atoms. The molecule has 2 atom stereocenters. The number of esters is 1. The van der Waals surface area contributed by atoms with Crippen LogP contribution in [0.4, 0.5) is 0 Å². The van der Waals surface area contributed by atoms with Crippen LogP contribution >= 0.6 is 0 Å². The van der Waals surface area contributed by atoms with E-state index < -0.39 is 0 Å². The fourth-order valence-corrected chi connectivity index (χ4v) is 2.75. The third-order valence-corrected chi connectivity index (χ3v) is 3.90. The molecule has 21 heavy (non-hydrogen) atoms. The van der Waals surface area contributed by atoms with E-state index in [2.05, 4.69) is 10.3 Å². The van der Waals surface area contributed by atoms with Crippen molar-refractivity contribution in [3.63, 3.8) is 0 Å². The van der Waals surface area contributed by atoms with Crippen LogP contribution in [0.3, 0.4) is 0 Å². The number of nitrogens with zero attached hydrogens (tertiary/aromatic N) is 1. The van der Waals surface area contributed by atoms with Crippen LogP contribution in [-0.2, 0) is 16.1 Å². The molecule has 1 saturated carbocycles. The maximum Gasteiger partial charge on any atom is 0.308 e. The molecule has 1 heterocycles. The fourth-order valence-electron chi connectivity index (χ4n) is 2.75. The van der Waals surface area contributed by atoms with Gasteiger partial charge in [-0.3, -0.25) is 4.79 Å². The number of rotatable bonds is 6. The Balaban J connectivity index is 1.80. The summed E-state index contributed by atoms with van der Waals surface area (Å²) in [6.45, 7) is 3.08. The first kappa shape index (κ1) is 15.8. The summed E-state index contributed by atoms with van der Waals surface area (Å²) >= 11 is 0. The van der Waals surface area contributed by atoms with E-state index >= 15 is 0 Å². The van der Waals surface area contributed by atoms with Crippen molar-refractivity contribution in [3.05, 3.63) is 23.9 Å². The number of pyridine rings is 1. The molecule has 1 N–H and O–H groups in total. The monoisotopic (exact) mass is 292 g/mol. The zero-order chi connectivity index (χ0) is 15.1. The molecule has 0 aliphatic heterocycles. The lowest BCUT2D eigenvalue weighted by Crippen LogP contribution is -2.36. The first-order chi connectivity index (χ1) is 10.2. The molecule has 0 aromatic carbocycles. The van der Waals surface area contributed by atoms with Crippen molar-refractivity contribution in [2.75, 3.05) is 13.7 Å². The van der Waals surface area contributed by atoms with Gasteiger partial charge >= 0.3 is 5.97 Å². The van der Waals surface area contributed by atoms with Crippen LogP contribution in [0.5, 0.6) is 5.88 Å². The molecular weight excluding hydrogens is 268 g/mol. The first-order valence-corrected chi connectivity index (χ1v) is 7.62. The molecule has 1 aliphatic rings. The molecule has 1 aromatic heterocycles. The molecule has 1 aliphatic carbocycles. The Hall–Kier alpha value is -1.62. The Labute approximate surface area is 126 Å². The van der Waals surface area contributed by atoms with Gasteiger partial charge in [0.15, 0.2) is 0 Å². The Kier molecular flexibility index (Phi) is 5.99. The summed E-state index contributed by atoms with van der Waals surface area (Å²) in [4.78, 5) is 16.0. The predicted octanol–water partition coefficient (Wildman–Crippen LogP) is 2.30. The summed E-state index contributed by atoms with van der Waals surface area (Å²) < 4.78 is 10.2. The van der Waals surface area contributed by atoms with Gasteiger partial charge in [-0.25, -0.2) is 4.98 Å². The van der Waals surface area contributed by atoms with Crippen LogP contribution < -0.4 is 10.1 Å². The van der Waals surface area contributed by atoms with Crippen molar-refractivity contribution in [1.29, 1.82) is 0 Å². The minimum absolute atomic E-state index is 0.0462. The van der Waals surface area contributed by atoms with Crippen LogP contribution in [-0.4, -0.2) is 30.7 Å². The van der Waals surface area contributed by atoms with E-state index in [1.165, 1.54) is 0 Å². The Morgan fingerprint density at radius 1 is 1.43 bits per heavy atom. The third kappa shape index (κ3) is 4.70. The molecule has 0 radical (unpaired) electrons. The summed E-state index contributed by atoms with van der Waals surface area (Å²) in [5.74, 6) is 0.624. The van der Waals surface area contributed by atoms with Crippen LogP contribution in [0.2, 0.25) is 0 Å². The third-order valence-electron chi connectivity index (χ3n) is 3.90. The number of methoxy groups -OCH3 is 1. The van der Waals surface area contributed by atoms with E-state index in [9.17, 15) is 4.79 Å². The molecular formula is C16H24N2O3. The smallest absolute Gasteiger partial charge is 0.308 e. The molecule has 1 aromatic rings. The van der Waals surface area contributed by atoms with Gasteiger partial charge in [0.1, 0.15) is 0 Å². The van der Waals surface area contributed by atoms with E-state index in [-0.39, 0.29) is 11.9 Å². The highest BCUT2D eigenvalue weighted by Crippen LogP contribution is 2.25. The van der Waals surface area contributed by atoms with Crippen LogP contribution in [0.15, 0.2) is 18.3 Å². The molecule has 0 saturated heterocycles. The van der Waals surface area contributed by atoms with Gasteiger partial charge in [-0.05, 0) is 31.7 Å². The lowest BCUT2D eigenvalue weighted by molar-refractivity contribution is -0.149. The molecule has 116 valence electrons. The highest BCUT2D eigenvalue weighted by molar-refractivity contribution is 5.72. The van der Waals surface area contributed by atoms with E-state index in [4.69, 9.17) is 9.47 Å². The van der Waals surface area contributed by atoms with Gasteiger partial charge in [0.2, 0.25) is 5.88 Å². The molecule has 1 fully saturated rings. The minimum Gasteiger partial charge on any atom is -0.481 e. The van der Waals surface area contributed by atoms with Crippen molar-refractivity contribution < 1.29 is 14.3 Å². The van der Waals surface area contributed by atoms with Crippen molar-refractivity contribution in [1.82, 2.24) is 10.3 Å². The second-order valence-corrected chi connectivity index (χ2v) is 5.40. The minimum atomic E-state index is -0.0462. The normalized spacial score (nSPS) is 21.8. The zero-order valence-corrected chi connectivity index (χ0v) is 12.8. The van der Waals surface area contributed by atoms with Crippen molar-refractivity contribution in [2.45, 2.75) is 45.2 Å². The van der Waals surface area contributed by atoms with Gasteiger partial charge in [0, 0.05) is 24.8 Å². The van der Waals surface area contributed by atoms with E-state index in [0.717, 1.165) is 37.8 Å². The maximum atomic E-state index is 11.8. The zero-order valence-electron chi connectivity index (χ0n) is 12.8. The molecule has 2 rings (SSSR count). The quantitative estimate of drug-likeness (QED) is 0.815. The highest BCUT2D eigenvalue weighted by Gasteiger charge is 2.27. The van der Waals surface area contributed by atoms with Crippen molar-refractivity contribution in [2.24, 2.45) is 5.92 Å². The maximum absolute atomic E-state index is 11.8. The van der Waals surface area contributed by atoms with Crippen molar-refractivity contribution >= 4 is 5.97 Å². The number of aromatic nitrogens is 1. The fraction of sp³-hybridized carbons (Fsp3) is 0.625. The second kappa shape index (κ2) is 7.98. The highest BCUT2D eigenvalue weighted by atomic mass is 16.5. The van der Waals surface area contributed by atoms with Gasteiger partial charge in [-0.15, -0.1) is 0 Å². The topological polar surface area (TPSA) is 60.5 Å². The second-order valence-electron chi connectivity index (χ2n) is 5.40. The van der Waals surface area contributed by atoms with E-state index in [1.807, 2.05) is 25.3 Å². The SMILES string of the molecule is CCOC(=O)C1CCCC(NCc2ccc(OC)nc2)C1. The van der Waals surface area contributed by atoms with E-state index in [1.54, 1.807) is 7.11 Å². The molecule has 5 heteroatoms. The summed E-state index contributed by atoms with van der Waals surface area (Å²) in [5, 5.41) is 3.51. The van der Waals surface area contributed by atoms with Gasteiger partial charge in [0.05, 0.1) is 19.6 Å². The van der Waals surface area contributed by atoms with Crippen molar-refractivity contribution in [3.8, 4) is 5.88 Å². The summed E-state index contributed by atoms with van der Waals surface area (Å²) in [6.07, 6.45) is 5.81. The van der Waals surface area contributed by atoms with Gasteiger partial charge < -0.3 is 14.8 Å². The standard InChI is InChI=1S/C16H24N2O3/c1-3-21-16(19)13-5-4-6-14(9-13)17-10-12-7-8-15(20-2)18-11-12/h7-8,11,13-14,17H,3-6,9-10H2,1-2H3. The summed E-state index contributed by atoms with van der Waals surface area (Å²) in [6, 6.07) is 4.24. The first-order valence-electron chi connectivity index (χ1n) is 7.62. The van der Waals surface area contributed by atoms with E-state index in [0.29, 0.717) is 18.5 Å².